The summed E-state index contributed by atoms with van der Waals surface area (Å²) in [6.07, 6.45) is 0. The summed E-state index contributed by atoms with van der Waals surface area (Å²) in [5.74, 6) is -0.727. The lowest BCUT2D eigenvalue weighted by Crippen LogP contribution is -2.12. The number of benzene rings is 1. The highest BCUT2D eigenvalue weighted by atomic mass is 32.2. The first-order valence-corrected chi connectivity index (χ1v) is 6.82. The number of aromatic nitrogens is 3. The number of rotatable bonds is 3. The SMILES string of the molecule is COC(=O)c1nnn(-c2ccc(S(N)(=O)=O)cc2)c1N. The van der Waals surface area contributed by atoms with Crippen molar-refractivity contribution in [2.45, 2.75) is 4.90 Å². The molecule has 0 saturated carbocycles. The van der Waals surface area contributed by atoms with E-state index in [2.05, 4.69) is 15.0 Å². The van der Waals surface area contributed by atoms with Crippen molar-refractivity contribution < 1.29 is 17.9 Å². The van der Waals surface area contributed by atoms with Gasteiger partial charge in [-0.15, -0.1) is 5.10 Å². The number of carbonyl (C=O) groups excluding carboxylic acids is 1. The van der Waals surface area contributed by atoms with Gasteiger partial charge in [0.05, 0.1) is 17.7 Å². The van der Waals surface area contributed by atoms with E-state index in [-0.39, 0.29) is 16.4 Å². The first kappa shape index (κ1) is 14.0. The van der Waals surface area contributed by atoms with Crippen molar-refractivity contribution in [1.29, 1.82) is 0 Å². The quantitative estimate of drug-likeness (QED) is 0.711. The average molecular weight is 297 g/mol. The summed E-state index contributed by atoms with van der Waals surface area (Å²) in [6, 6.07) is 5.46. The second-order valence-corrected chi connectivity index (χ2v) is 5.33. The summed E-state index contributed by atoms with van der Waals surface area (Å²) in [4.78, 5) is 11.3. The van der Waals surface area contributed by atoms with Crippen molar-refractivity contribution in [3.05, 3.63) is 30.0 Å². The molecule has 0 fully saturated rings. The van der Waals surface area contributed by atoms with Gasteiger partial charge in [0.1, 0.15) is 0 Å². The van der Waals surface area contributed by atoms with Crippen molar-refractivity contribution in [3.8, 4) is 5.69 Å². The third-order valence-corrected chi connectivity index (χ3v) is 3.42. The maximum atomic E-state index is 11.4. The fourth-order valence-corrected chi connectivity index (χ4v) is 2.01. The minimum atomic E-state index is -3.77. The fourth-order valence-electron chi connectivity index (χ4n) is 1.50. The number of methoxy groups -OCH3 is 1. The minimum absolute atomic E-state index is 0.0137. The molecule has 1 aromatic carbocycles. The summed E-state index contributed by atoms with van der Waals surface area (Å²) in [5.41, 5.74) is 6.04. The first-order chi connectivity index (χ1) is 9.34. The van der Waals surface area contributed by atoms with Crippen LogP contribution >= 0.6 is 0 Å². The van der Waals surface area contributed by atoms with Crippen LogP contribution in [0.2, 0.25) is 0 Å². The van der Waals surface area contributed by atoms with E-state index in [0.29, 0.717) is 5.69 Å². The standard InChI is InChI=1S/C10H11N5O4S/c1-19-10(16)8-9(11)15(14-13-8)6-2-4-7(5-3-6)20(12,17)18/h2-5H,11H2,1H3,(H2,12,17,18). The van der Waals surface area contributed by atoms with Crippen LogP contribution in [0.1, 0.15) is 10.5 Å². The molecular formula is C10H11N5O4S. The van der Waals surface area contributed by atoms with Gasteiger partial charge in [-0.2, -0.15) is 4.68 Å². The molecule has 0 aliphatic rings. The van der Waals surface area contributed by atoms with Crippen LogP contribution in [0.25, 0.3) is 5.69 Å². The topological polar surface area (TPSA) is 143 Å². The van der Waals surface area contributed by atoms with Crippen LogP contribution < -0.4 is 10.9 Å². The number of anilines is 1. The largest absolute Gasteiger partial charge is 0.464 e. The molecule has 0 atom stereocenters. The Hall–Kier alpha value is -2.46. The number of nitrogens with two attached hydrogens (primary N) is 2. The monoisotopic (exact) mass is 297 g/mol. The van der Waals surface area contributed by atoms with E-state index in [0.717, 1.165) is 0 Å². The molecule has 0 aliphatic heterocycles. The van der Waals surface area contributed by atoms with Crippen LogP contribution in [0.4, 0.5) is 5.82 Å². The van der Waals surface area contributed by atoms with Gasteiger partial charge in [-0.1, -0.05) is 5.21 Å². The zero-order valence-corrected chi connectivity index (χ0v) is 11.2. The number of carbonyl (C=O) groups is 1. The number of hydrogen-bond acceptors (Lipinski definition) is 7. The molecule has 20 heavy (non-hydrogen) atoms. The summed E-state index contributed by atoms with van der Waals surface area (Å²) < 4.78 is 28.0. The van der Waals surface area contributed by atoms with E-state index >= 15 is 0 Å². The van der Waals surface area contributed by atoms with Crippen LogP contribution in [-0.4, -0.2) is 36.5 Å². The zero-order chi connectivity index (χ0) is 14.9. The molecule has 106 valence electrons. The van der Waals surface area contributed by atoms with Crippen LogP contribution in [0, 0.1) is 0 Å². The molecule has 0 aliphatic carbocycles. The summed E-state index contributed by atoms with van der Waals surface area (Å²) in [6.45, 7) is 0. The molecule has 4 N–H and O–H groups in total. The lowest BCUT2D eigenvalue weighted by atomic mass is 10.3. The van der Waals surface area contributed by atoms with Crippen molar-refractivity contribution in [3.63, 3.8) is 0 Å². The summed E-state index contributed by atoms with van der Waals surface area (Å²) in [7, 11) is -2.58. The smallest absolute Gasteiger partial charge is 0.362 e. The second-order valence-electron chi connectivity index (χ2n) is 3.77. The third kappa shape index (κ3) is 2.46. The number of nitrogen functional groups attached to an aromatic ring is 1. The lowest BCUT2D eigenvalue weighted by Gasteiger charge is -2.04. The van der Waals surface area contributed by atoms with Gasteiger partial charge < -0.3 is 10.5 Å². The molecule has 0 amide bonds. The van der Waals surface area contributed by atoms with Gasteiger partial charge in [0.15, 0.2) is 5.82 Å². The molecule has 9 nitrogen and oxygen atoms in total. The van der Waals surface area contributed by atoms with E-state index < -0.39 is 16.0 Å². The molecule has 0 unspecified atom stereocenters. The first-order valence-electron chi connectivity index (χ1n) is 5.27. The van der Waals surface area contributed by atoms with Gasteiger partial charge in [-0.25, -0.2) is 18.4 Å². The predicted molar refractivity (Wildman–Crippen MR) is 68.5 cm³/mol. The molecule has 2 aromatic rings. The van der Waals surface area contributed by atoms with E-state index in [9.17, 15) is 13.2 Å². The molecular weight excluding hydrogens is 286 g/mol. The summed E-state index contributed by atoms with van der Waals surface area (Å²) in [5, 5.41) is 12.3. The molecule has 0 bridgehead atoms. The number of esters is 1. The Morgan fingerprint density at radius 2 is 1.90 bits per heavy atom. The van der Waals surface area contributed by atoms with Gasteiger partial charge >= 0.3 is 5.97 Å². The maximum absolute atomic E-state index is 11.4. The van der Waals surface area contributed by atoms with Crippen LogP contribution in [0.15, 0.2) is 29.2 Å². The van der Waals surface area contributed by atoms with Gasteiger partial charge in [0, 0.05) is 0 Å². The van der Waals surface area contributed by atoms with E-state index in [1.807, 2.05) is 0 Å². The Labute approximate surface area is 114 Å². The Bertz CT molecular complexity index is 750. The Balaban J connectivity index is 2.43. The fraction of sp³-hybridized carbons (Fsp3) is 0.100. The number of sulfonamides is 1. The predicted octanol–water partition coefficient (Wildman–Crippen LogP) is -0.716. The molecule has 0 saturated heterocycles. The van der Waals surface area contributed by atoms with Gasteiger partial charge in [-0.3, -0.25) is 0 Å². The number of primary sulfonamides is 1. The number of nitrogens with zero attached hydrogens (tertiary/aromatic N) is 3. The molecule has 2 rings (SSSR count). The Morgan fingerprint density at radius 3 is 2.40 bits per heavy atom. The number of hydrogen-bond donors (Lipinski definition) is 2. The van der Waals surface area contributed by atoms with Crippen LogP contribution in [0.3, 0.4) is 0 Å². The normalized spacial score (nSPS) is 11.3. The van der Waals surface area contributed by atoms with E-state index in [4.69, 9.17) is 10.9 Å². The number of ether oxygens (including phenoxy) is 1. The molecule has 0 spiro atoms. The average Bonchev–Trinajstić information content (AvgIpc) is 2.79. The lowest BCUT2D eigenvalue weighted by molar-refractivity contribution is 0.0595. The van der Waals surface area contributed by atoms with Crippen molar-refractivity contribution in [1.82, 2.24) is 15.0 Å². The van der Waals surface area contributed by atoms with Crippen molar-refractivity contribution >= 4 is 21.8 Å². The molecule has 0 radical (unpaired) electrons. The highest BCUT2D eigenvalue weighted by molar-refractivity contribution is 7.89. The van der Waals surface area contributed by atoms with Crippen LogP contribution in [0.5, 0.6) is 0 Å². The highest BCUT2D eigenvalue weighted by Gasteiger charge is 2.19. The van der Waals surface area contributed by atoms with Crippen molar-refractivity contribution in [2.24, 2.45) is 5.14 Å². The van der Waals surface area contributed by atoms with Gasteiger partial charge in [0.2, 0.25) is 15.7 Å². The Morgan fingerprint density at radius 1 is 1.30 bits per heavy atom. The van der Waals surface area contributed by atoms with Gasteiger partial charge in [0.25, 0.3) is 0 Å². The van der Waals surface area contributed by atoms with Crippen LogP contribution in [-0.2, 0) is 14.8 Å². The maximum Gasteiger partial charge on any atom is 0.362 e. The third-order valence-electron chi connectivity index (χ3n) is 2.49. The molecule has 1 aromatic heterocycles. The second kappa shape index (κ2) is 4.90. The van der Waals surface area contributed by atoms with Gasteiger partial charge in [-0.05, 0) is 24.3 Å². The molecule has 1 heterocycles. The Kier molecular flexibility index (Phi) is 3.42. The minimum Gasteiger partial charge on any atom is -0.464 e. The van der Waals surface area contributed by atoms with Crippen molar-refractivity contribution in [2.75, 3.05) is 12.8 Å². The summed E-state index contributed by atoms with van der Waals surface area (Å²) >= 11 is 0. The highest BCUT2D eigenvalue weighted by Crippen LogP contribution is 2.17. The van der Waals surface area contributed by atoms with E-state index in [1.165, 1.54) is 36.1 Å². The zero-order valence-electron chi connectivity index (χ0n) is 10.3. The van der Waals surface area contributed by atoms with E-state index in [1.54, 1.807) is 0 Å². The molecule has 10 heteroatoms.